The Bertz CT molecular complexity index is 573. The molecule has 5 nitrogen and oxygen atoms in total. The Morgan fingerprint density at radius 2 is 1.95 bits per heavy atom. The average Bonchev–Trinajstić information content (AvgIpc) is 2.50. The molecule has 0 atom stereocenters. The van der Waals surface area contributed by atoms with E-state index in [9.17, 15) is 0 Å². The number of halogens is 1. The third-order valence-corrected chi connectivity index (χ3v) is 3.81. The summed E-state index contributed by atoms with van der Waals surface area (Å²) < 4.78 is 5.84. The van der Waals surface area contributed by atoms with Crippen molar-refractivity contribution in [3.8, 4) is 5.88 Å². The number of ether oxygens (including phenoxy) is 1. The monoisotopic (exact) mass is 304 g/mol. The molecule has 0 radical (unpaired) electrons. The molecular formula is C15H17ClN4O. The highest BCUT2D eigenvalue weighted by molar-refractivity contribution is 6.29. The van der Waals surface area contributed by atoms with Crippen molar-refractivity contribution in [1.82, 2.24) is 15.0 Å². The summed E-state index contributed by atoms with van der Waals surface area (Å²) in [6.07, 6.45) is 11.0. The van der Waals surface area contributed by atoms with E-state index in [0.717, 1.165) is 31.4 Å². The van der Waals surface area contributed by atoms with Gasteiger partial charge in [0.25, 0.3) is 0 Å². The van der Waals surface area contributed by atoms with Crippen LogP contribution in [0.15, 0.2) is 36.9 Å². The average molecular weight is 305 g/mol. The first kappa shape index (κ1) is 14.1. The van der Waals surface area contributed by atoms with Crippen LogP contribution in [0, 0.1) is 0 Å². The second-order valence-electron chi connectivity index (χ2n) is 5.15. The van der Waals surface area contributed by atoms with E-state index < -0.39 is 0 Å². The lowest BCUT2D eigenvalue weighted by atomic mass is 9.93. The van der Waals surface area contributed by atoms with Gasteiger partial charge in [-0.25, -0.2) is 9.97 Å². The van der Waals surface area contributed by atoms with E-state index >= 15 is 0 Å². The van der Waals surface area contributed by atoms with Crippen LogP contribution in [0.3, 0.4) is 0 Å². The van der Waals surface area contributed by atoms with E-state index in [1.165, 1.54) is 0 Å². The SMILES string of the molecule is Clc1cc(NC2CCC(Oc3cnccn3)CC2)ccn1. The van der Waals surface area contributed by atoms with Gasteiger partial charge in [-0.15, -0.1) is 0 Å². The van der Waals surface area contributed by atoms with Gasteiger partial charge in [0.15, 0.2) is 0 Å². The summed E-state index contributed by atoms with van der Waals surface area (Å²) in [7, 11) is 0. The molecule has 1 aliphatic carbocycles. The Hall–Kier alpha value is -1.88. The second-order valence-corrected chi connectivity index (χ2v) is 5.53. The zero-order valence-corrected chi connectivity index (χ0v) is 12.3. The molecule has 0 aromatic carbocycles. The number of hydrogen-bond donors (Lipinski definition) is 1. The van der Waals surface area contributed by atoms with Crippen LogP contribution >= 0.6 is 11.6 Å². The molecule has 0 amide bonds. The van der Waals surface area contributed by atoms with E-state index in [0.29, 0.717) is 17.1 Å². The quantitative estimate of drug-likeness (QED) is 0.878. The number of hydrogen-bond acceptors (Lipinski definition) is 5. The van der Waals surface area contributed by atoms with Gasteiger partial charge in [-0.1, -0.05) is 11.6 Å². The number of nitrogens with one attached hydrogen (secondary N) is 1. The molecule has 110 valence electrons. The first-order chi connectivity index (χ1) is 10.3. The van der Waals surface area contributed by atoms with Crippen molar-refractivity contribution in [2.75, 3.05) is 5.32 Å². The second kappa shape index (κ2) is 6.72. The fourth-order valence-corrected chi connectivity index (χ4v) is 2.74. The van der Waals surface area contributed by atoms with Crippen LogP contribution in [0.25, 0.3) is 0 Å². The summed E-state index contributed by atoms with van der Waals surface area (Å²) >= 11 is 5.89. The summed E-state index contributed by atoms with van der Waals surface area (Å²) in [6, 6.07) is 4.24. The number of rotatable bonds is 4. The van der Waals surface area contributed by atoms with Crippen molar-refractivity contribution in [2.45, 2.75) is 37.8 Å². The molecule has 0 bridgehead atoms. The lowest BCUT2D eigenvalue weighted by Crippen LogP contribution is -2.31. The number of pyridine rings is 1. The predicted molar refractivity (Wildman–Crippen MR) is 81.6 cm³/mol. The maximum absolute atomic E-state index is 5.89. The molecule has 0 unspecified atom stereocenters. The molecule has 1 saturated carbocycles. The molecule has 1 N–H and O–H groups in total. The molecule has 2 aromatic rings. The fourth-order valence-electron chi connectivity index (χ4n) is 2.57. The van der Waals surface area contributed by atoms with Gasteiger partial charge >= 0.3 is 0 Å². The maximum atomic E-state index is 5.89. The summed E-state index contributed by atoms with van der Waals surface area (Å²) in [5.41, 5.74) is 1.02. The largest absolute Gasteiger partial charge is 0.473 e. The van der Waals surface area contributed by atoms with Gasteiger partial charge in [0.05, 0.1) is 6.20 Å². The highest BCUT2D eigenvalue weighted by Crippen LogP contribution is 2.25. The zero-order chi connectivity index (χ0) is 14.5. The van der Waals surface area contributed by atoms with Crippen molar-refractivity contribution in [3.63, 3.8) is 0 Å². The van der Waals surface area contributed by atoms with E-state index in [2.05, 4.69) is 20.3 Å². The van der Waals surface area contributed by atoms with E-state index in [-0.39, 0.29) is 6.10 Å². The van der Waals surface area contributed by atoms with Crippen LogP contribution in [0.1, 0.15) is 25.7 Å². The van der Waals surface area contributed by atoms with Gasteiger partial charge in [-0.05, 0) is 37.8 Å². The molecule has 3 rings (SSSR count). The van der Waals surface area contributed by atoms with E-state index in [4.69, 9.17) is 16.3 Å². The Balaban J connectivity index is 1.49. The Morgan fingerprint density at radius 1 is 1.10 bits per heavy atom. The van der Waals surface area contributed by atoms with Gasteiger partial charge in [-0.3, -0.25) is 4.98 Å². The molecule has 0 aliphatic heterocycles. The Labute approximate surface area is 128 Å². The van der Waals surface area contributed by atoms with Crippen LogP contribution in [-0.2, 0) is 0 Å². The van der Waals surface area contributed by atoms with Gasteiger partial charge in [0.1, 0.15) is 11.3 Å². The number of anilines is 1. The number of aromatic nitrogens is 3. The molecule has 0 spiro atoms. The normalized spacial score (nSPS) is 21.8. The standard InChI is InChI=1S/C15H17ClN4O/c16-14-9-12(5-6-18-14)20-11-1-3-13(4-2-11)21-15-10-17-7-8-19-15/h5-11,13H,1-4H2,(H,18,20). The molecule has 6 heteroatoms. The first-order valence-corrected chi connectivity index (χ1v) is 7.48. The van der Waals surface area contributed by atoms with Crippen LogP contribution < -0.4 is 10.1 Å². The van der Waals surface area contributed by atoms with E-state index in [1.54, 1.807) is 24.8 Å². The molecule has 2 aromatic heterocycles. The van der Waals surface area contributed by atoms with Crippen LogP contribution in [0.4, 0.5) is 5.69 Å². The van der Waals surface area contributed by atoms with Gasteiger partial charge < -0.3 is 10.1 Å². The van der Waals surface area contributed by atoms with Crippen molar-refractivity contribution < 1.29 is 4.74 Å². The third-order valence-electron chi connectivity index (χ3n) is 3.60. The molecule has 1 aliphatic rings. The van der Waals surface area contributed by atoms with Gasteiger partial charge in [0.2, 0.25) is 5.88 Å². The molecule has 0 saturated heterocycles. The number of nitrogens with zero attached hydrogens (tertiary/aromatic N) is 3. The van der Waals surface area contributed by atoms with Crippen molar-refractivity contribution in [2.24, 2.45) is 0 Å². The van der Waals surface area contributed by atoms with Crippen LogP contribution in [-0.4, -0.2) is 27.1 Å². The van der Waals surface area contributed by atoms with E-state index in [1.807, 2.05) is 12.1 Å². The van der Waals surface area contributed by atoms with Crippen molar-refractivity contribution in [1.29, 1.82) is 0 Å². The maximum Gasteiger partial charge on any atom is 0.232 e. The fraction of sp³-hybridized carbons (Fsp3) is 0.400. The van der Waals surface area contributed by atoms with Gasteiger partial charge in [-0.2, -0.15) is 0 Å². The summed E-state index contributed by atoms with van der Waals surface area (Å²) in [6.45, 7) is 0. The minimum atomic E-state index is 0.223. The topological polar surface area (TPSA) is 59.9 Å². The Kier molecular flexibility index (Phi) is 4.50. The van der Waals surface area contributed by atoms with Crippen LogP contribution in [0.5, 0.6) is 5.88 Å². The lowest BCUT2D eigenvalue weighted by molar-refractivity contribution is 0.143. The summed E-state index contributed by atoms with van der Waals surface area (Å²) in [5, 5.41) is 4.01. The van der Waals surface area contributed by atoms with Crippen LogP contribution in [0.2, 0.25) is 5.15 Å². The smallest absolute Gasteiger partial charge is 0.232 e. The summed E-state index contributed by atoms with van der Waals surface area (Å²) in [5.74, 6) is 0.606. The van der Waals surface area contributed by atoms with Crippen molar-refractivity contribution in [3.05, 3.63) is 42.1 Å². The zero-order valence-electron chi connectivity index (χ0n) is 11.6. The Morgan fingerprint density at radius 3 is 2.67 bits per heavy atom. The molecule has 1 fully saturated rings. The highest BCUT2D eigenvalue weighted by Gasteiger charge is 2.22. The summed E-state index contributed by atoms with van der Waals surface area (Å²) in [4.78, 5) is 12.1. The minimum Gasteiger partial charge on any atom is -0.473 e. The molecule has 21 heavy (non-hydrogen) atoms. The first-order valence-electron chi connectivity index (χ1n) is 7.10. The predicted octanol–water partition coefficient (Wildman–Crippen LogP) is 3.33. The lowest BCUT2D eigenvalue weighted by Gasteiger charge is -2.29. The minimum absolute atomic E-state index is 0.223. The van der Waals surface area contributed by atoms with Gasteiger partial charge in [0, 0.05) is 30.3 Å². The van der Waals surface area contributed by atoms with Crippen molar-refractivity contribution >= 4 is 17.3 Å². The molecular weight excluding hydrogens is 288 g/mol. The highest BCUT2D eigenvalue weighted by atomic mass is 35.5. The molecule has 2 heterocycles. The third kappa shape index (κ3) is 4.04.